The first kappa shape index (κ1) is 18.5. The third-order valence-electron chi connectivity index (χ3n) is 5.81. The highest BCUT2D eigenvalue weighted by atomic mass is 16.2. The van der Waals surface area contributed by atoms with Crippen molar-refractivity contribution in [3.63, 3.8) is 0 Å². The van der Waals surface area contributed by atoms with Gasteiger partial charge < -0.3 is 10.3 Å². The van der Waals surface area contributed by atoms with Gasteiger partial charge in [0.2, 0.25) is 5.78 Å². The summed E-state index contributed by atoms with van der Waals surface area (Å²) in [5, 5.41) is 3.91. The summed E-state index contributed by atoms with van der Waals surface area (Å²) in [6.45, 7) is 0.437. The van der Waals surface area contributed by atoms with E-state index < -0.39 is 11.7 Å². The van der Waals surface area contributed by atoms with E-state index in [1.807, 2.05) is 36.5 Å². The summed E-state index contributed by atoms with van der Waals surface area (Å²) in [5.41, 5.74) is 3.97. The number of para-hydroxylation sites is 1. The summed E-state index contributed by atoms with van der Waals surface area (Å²) in [7, 11) is 0. The maximum atomic E-state index is 12.4. The van der Waals surface area contributed by atoms with E-state index in [-0.39, 0.29) is 0 Å². The summed E-state index contributed by atoms with van der Waals surface area (Å²) in [6.07, 6.45) is 8.98. The predicted octanol–water partition coefficient (Wildman–Crippen LogP) is 4.76. The molecule has 1 heterocycles. The first-order chi connectivity index (χ1) is 13.7. The number of hydrogen-bond donors (Lipinski definition) is 2. The molecule has 0 saturated heterocycles. The van der Waals surface area contributed by atoms with E-state index in [2.05, 4.69) is 16.4 Å². The van der Waals surface area contributed by atoms with Crippen molar-refractivity contribution in [2.75, 3.05) is 6.54 Å². The van der Waals surface area contributed by atoms with Crippen molar-refractivity contribution in [3.05, 3.63) is 71.4 Å². The van der Waals surface area contributed by atoms with E-state index in [9.17, 15) is 9.59 Å². The van der Waals surface area contributed by atoms with Gasteiger partial charge in [-0.15, -0.1) is 0 Å². The van der Waals surface area contributed by atoms with Gasteiger partial charge in [-0.05, 0) is 42.4 Å². The average molecular weight is 374 g/mol. The molecule has 144 valence electrons. The molecule has 0 atom stereocenters. The highest BCUT2D eigenvalue weighted by Crippen LogP contribution is 2.32. The minimum atomic E-state index is -0.537. The number of aromatic nitrogens is 1. The lowest BCUT2D eigenvalue weighted by Gasteiger charge is -2.21. The molecule has 2 N–H and O–H groups in total. The molecule has 2 aromatic carbocycles. The average Bonchev–Trinajstić information content (AvgIpc) is 3.17. The van der Waals surface area contributed by atoms with Crippen LogP contribution in [0.1, 0.15) is 59.5 Å². The highest BCUT2D eigenvalue weighted by molar-refractivity contribution is 6.42. The van der Waals surface area contributed by atoms with E-state index in [1.165, 1.54) is 37.7 Å². The Kier molecular flexibility index (Phi) is 5.56. The van der Waals surface area contributed by atoms with Gasteiger partial charge in [0.25, 0.3) is 5.91 Å². The molecule has 1 aliphatic rings. The zero-order chi connectivity index (χ0) is 19.3. The van der Waals surface area contributed by atoms with Crippen LogP contribution in [0.15, 0.2) is 54.7 Å². The largest absolute Gasteiger partial charge is 0.361 e. The van der Waals surface area contributed by atoms with Crippen LogP contribution in [0.5, 0.6) is 0 Å². The maximum absolute atomic E-state index is 12.4. The lowest BCUT2D eigenvalue weighted by molar-refractivity contribution is -0.116. The minimum absolute atomic E-state index is 0.437. The Labute approximate surface area is 165 Å². The third kappa shape index (κ3) is 4.01. The lowest BCUT2D eigenvalue weighted by Crippen LogP contribution is -2.32. The van der Waals surface area contributed by atoms with Crippen LogP contribution in [-0.2, 0) is 11.2 Å². The number of rotatable bonds is 6. The highest BCUT2D eigenvalue weighted by Gasteiger charge is 2.18. The first-order valence-corrected chi connectivity index (χ1v) is 10.2. The molecule has 1 amide bonds. The second kappa shape index (κ2) is 8.42. The normalized spacial score (nSPS) is 14.9. The zero-order valence-corrected chi connectivity index (χ0v) is 16.0. The number of Topliss-reactive ketones (excluding diaryl/α,β-unsaturated/α-hetero) is 1. The van der Waals surface area contributed by atoms with Gasteiger partial charge in [0.1, 0.15) is 0 Å². The molecule has 4 nitrogen and oxygen atoms in total. The quantitative estimate of drug-likeness (QED) is 0.483. The van der Waals surface area contributed by atoms with Gasteiger partial charge in [-0.3, -0.25) is 9.59 Å². The summed E-state index contributed by atoms with van der Waals surface area (Å²) in [4.78, 5) is 27.9. The van der Waals surface area contributed by atoms with Crippen LogP contribution in [0.3, 0.4) is 0 Å². The van der Waals surface area contributed by atoms with Gasteiger partial charge in [-0.25, -0.2) is 0 Å². The van der Waals surface area contributed by atoms with E-state index in [0.29, 0.717) is 24.4 Å². The van der Waals surface area contributed by atoms with Crippen LogP contribution < -0.4 is 5.32 Å². The predicted molar refractivity (Wildman–Crippen MR) is 112 cm³/mol. The smallest absolute Gasteiger partial charge is 0.292 e. The van der Waals surface area contributed by atoms with Crippen LogP contribution >= 0.6 is 0 Å². The molecule has 1 saturated carbocycles. The lowest BCUT2D eigenvalue weighted by atomic mass is 9.84. The molecule has 1 fully saturated rings. The monoisotopic (exact) mass is 374 g/mol. The third-order valence-corrected chi connectivity index (χ3v) is 5.81. The zero-order valence-electron chi connectivity index (χ0n) is 16.0. The van der Waals surface area contributed by atoms with Crippen molar-refractivity contribution < 1.29 is 9.59 Å². The van der Waals surface area contributed by atoms with E-state index in [1.54, 1.807) is 12.1 Å². The van der Waals surface area contributed by atoms with Crippen molar-refractivity contribution in [2.45, 2.75) is 44.4 Å². The number of nitrogens with one attached hydrogen (secondary N) is 2. The van der Waals surface area contributed by atoms with Crippen molar-refractivity contribution in [2.24, 2.45) is 0 Å². The number of fused-ring (bicyclic) bond motifs is 1. The second-order valence-electron chi connectivity index (χ2n) is 7.65. The molecular formula is C24H26N2O2. The molecule has 3 aromatic rings. The first-order valence-electron chi connectivity index (χ1n) is 10.2. The van der Waals surface area contributed by atoms with Crippen LogP contribution in [-0.4, -0.2) is 23.2 Å². The summed E-state index contributed by atoms with van der Waals surface area (Å²) >= 11 is 0. The molecule has 0 aliphatic heterocycles. The number of carbonyl (C=O) groups excluding carboxylic acids is 2. The van der Waals surface area contributed by atoms with Gasteiger partial charge in [0.15, 0.2) is 0 Å². The van der Waals surface area contributed by atoms with Gasteiger partial charge in [0.05, 0.1) is 0 Å². The fourth-order valence-corrected chi connectivity index (χ4v) is 4.20. The number of H-pyrrole nitrogens is 1. The minimum Gasteiger partial charge on any atom is -0.361 e. The Morgan fingerprint density at radius 3 is 2.50 bits per heavy atom. The molecule has 4 rings (SSSR count). The number of hydrogen-bond acceptors (Lipinski definition) is 2. The molecule has 0 bridgehead atoms. The Morgan fingerprint density at radius 2 is 1.71 bits per heavy atom. The molecule has 1 aliphatic carbocycles. The standard InChI is InChI=1S/C24H26N2O2/c27-23(19-12-10-18(11-13-19)17-6-2-1-3-7-17)24(28)25-15-14-20-16-26-22-9-5-4-8-21(20)22/h4-5,8-13,16-17,26H,1-3,6-7,14-15H2,(H,25,28). The van der Waals surface area contributed by atoms with Crippen molar-refractivity contribution in [1.29, 1.82) is 0 Å². The van der Waals surface area contributed by atoms with Crippen molar-refractivity contribution >= 4 is 22.6 Å². The summed E-state index contributed by atoms with van der Waals surface area (Å²) in [5.74, 6) is -0.401. The molecule has 28 heavy (non-hydrogen) atoms. The molecule has 0 spiro atoms. The number of benzene rings is 2. The fraction of sp³-hybridized carbons (Fsp3) is 0.333. The van der Waals surface area contributed by atoms with Gasteiger partial charge in [-0.2, -0.15) is 0 Å². The second-order valence-corrected chi connectivity index (χ2v) is 7.65. The molecule has 0 radical (unpaired) electrons. The van der Waals surface area contributed by atoms with Gasteiger partial charge >= 0.3 is 0 Å². The van der Waals surface area contributed by atoms with E-state index in [0.717, 1.165) is 16.5 Å². The van der Waals surface area contributed by atoms with Gasteiger partial charge in [-0.1, -0.05) is 61.7 Å². The van der Waals surface area contributed by atoms with E-state index in [4.69, 9.17) is 0 Å². The van der Waals surface area contributed by atoms with Crippen LogP contribution in [0.2, 0.25) is 0 Å². The van der Waals surface area contributed by atoms with E-state index >= 15 is 0 Å². The molecular weight excluding hydrogens is 348 g/mol. The SMILES string of the molecule is O=C(NCCc1c[nH]c2ccccc12)C(=O)c1ccc(C2CCCCC2)cc1. The van der Waals surface area contributed by atoms with Crippen LogP contribution in [0, 0.1) is 0 Å². The maximum Gasteiger partial charge on any atom is 0.292 e. The van der Waals surface area contributed by atoms with Crippen LogP contribution in [0.25, 0.3) is 10.9 Å². The number of ketones is 1. The number of aromatic amines is 1. The molecule has 4 heteroatoms. The fourth-order valence-electron chi connectivity index (χ4n) is 4.20. The Balaban J connectivity index is 1.32. The molecule has 0 unspecified atom stereocenters. The number of amides is 1. The molecule has 1 aromatic heterocycles. The summed E-state index contributed by atoms with van der Waals surface area (Å²) < 4.78 is 0. The Morgan fingerprint density at radius 1 is 0.964 bits per heavy atom. The van der Waals surface area contributed by atoms with Crippen LogP contribution in [0.4, 0.5) is 0 Å². The Bertz CT molecular complexity index is 966. The number of carbonyl (C=O) groups is 2. The van der Waals surface area contributed by atoms with Gasteiger partial charge in [0, 0.05) is 29.2 Å². The topological polar surface area (TPSA) is 62.0 Å². The van der Waals surface area contributed by atoms with Crippen molar-refractivity contribution in [1.82, 2.24) is 10.3 Å². The van der Waals surface area contributed by atoms with Crippen molar-refractivity contribution in [3.8, 4) is 0 Å². The summed E-state index contributed by atoms with van der Waals surface area (Å²) in [6, 6.07) is 15.7. The Hall–Kier alpha value is -2.88.